The normalized spacial score (nSPS) is 17.8. The van der Waals surface area contributed by atoms with Crippen LogP contribution in [0.3, 0.4) is 0 Å². The molecule has 0 aromatic heterocycles. The Bertz CT molecular complexity index is 823. The molecule has 1 saturated heterocycles. The van der Waals surface area contributed by atoms with E-state index in [0.29, 0.717) is 11.5 Å². The van der Waals surface area contributed by atoms with Crippen LogP contribution in [0.25, 0.3) is 0 Å². The molecular weight excluding hydrogens is 362 g/mol. The number of benzene rings is 2. The molecule has 0 unspecified atom stereocenters. The highest BCUT2D eigenvalue weighted by atomic mass is 16.5. The molecule has 1 amide bonds. The number of carbonyl (C=O) groups excluding carboxylic acids is 1. The topological polar surface area (TPSA) is 53.6 Å². The molecule has 1 aliphatic carbocycles. The monoisotopic (exact) mass is 393 g/mol. The van der Waals surface area contributed by atoms with Crippen LogP contribution in [-0.4, -0.2) is 39.2 Å². The summed E-state index contributed by atoms with van der Waals surface area (Å²) in [7, 11) is 1.68. The maximum Gasteiger partial charge on any atom is 0.255 e. The van der Waals surface area contributed by atoms with Crippen LogP contribution in [0.1, 0.15) is 53.9 Å². The Hall–Kier alpha value is -2.53. The van der Waals surface area contributed by atoms with Crippen molar-refractivity contribution in [3.63, 3.8) is 0 Å². The van der Waals surface area contributed by atoms with Gasteiger partial charge in [-0.05, 0) is 48.6 Å². The number of nitrogens with zero attached hydrogens (tertiary/aromatic N) is 1. The lowest BCUT2D eigenvalue weighted by Gasteiger charge is -2.30. The van der Waals surface area contributed by atoms with Crippen molar-refractivity contribution >= 4 is 17.3 Å². The molecule has 1 saturated carbocycles. The number of anilines is 2. The van der Waals surface area contributed by atoms with Crippen LogP contribution in [0.4, 0.5) is 11.4 Å². The molecule has 2 fully saturated rings. The van der Waals surface area contributed by atoms with Gasteiger partial charge in [-0.3, -0.25) is 4.79 Å². The molecule has 2 aliphatic rings. The zero-order chi connectivity index (χ0) is 20.1. The first-order valence-electron chi connectivity index (χ1n) is 10.8. The first-order chi connectivity index (χ1) is 14.2. The minimum Gasteiger partial charge on any atom is -0.495 e. The Kier molecular flexibility index (Phi) is 6.35. The summed E-state index contributed by atoms with van der Waals surface area (Å²) in [6.07, 6.45) is 6.53. The number of methoxy groups -OCH3 is 1. The second-order valence-electron chi connectivity index (χ2n) is 8.03. The van der Waals surface area contributed by atoms with Gasteiger partial charge in [-0.2, -0.15) is 0 Å². The molecule has 5 heteroatoms. The average Bonchev–Trinajstić information content (AvgIpc) is 2.80. The van der Waals surface area contributed by atoms with E-state index < -0.39 is 0 Å². The van der Waals surface area contributed by atoms with E-state index in [9.17, 15) is 4.79 Å². The van der Waals surface area contributed by atoms with E-state index in [-0.39, 0.29) is 5.91 Å². The van der Waals surface area contributed by atoms with Gasteiger partial charge in [0, 0.05) is 43.5 Å². The number of amides is 1. The highest BCUT2D eigenvalue weighted by Gasteiger charge is 2.17. The number of piperazine rings is 1. The van der Waals surface area contributed by atoms with Crippen molar-refractivity contribution in [1.82, 2.24) is 5.32 Å². The predicted molar refractivity (Wildman–Crippen MR) is 118 cm³/mol. The predicted octanol–water partition coefficient (Wildman–Crippen LogP) is 4.40. The Morgan fingerprint density at radius 2 is 1.76 bits per heavy atom. The van der Waals surface area contributed by atoms with Gasteiger partial charge in [0.2, 0.25) is 0 Å². The maximum absolute atomic E-state index is 12.7. The Balaban J connectivity index is 1.43. The van der Waals surface area contributed by atoms with Crippen LogP contribution in [0.15, 0.2) is 42.5 Å². The number of carbonyl (C=O) groups is 1. The van der Waals surface area contributed by atoms with Crippen molar-refractivity contribution in [3.8, 4) is 5.75 Å². The van der Waals surface area contributed by atoms with Crippen LogP contribution >= 0.6 is 0 Å². The minimum atomic E-state index is -0.0860. The summed E-state index contributed by atoms with van der Waals surface area (Å²) < 4.78 is 5.60. The maximum atomic E-state index is 12.7. The van der Waals surface area contributed by atoms with E-state index in [1.54, 1.807) is 7.11 Å². The Labute approximate surface area is 173 Å². The molecule has 1 aliphatic heterocycles. The fourth-order valence-electron chi connectivity index (χ4n) is 4.47. The second kappa shape index (κ2) is 9.31. The van der Waals surface area contributed by atoms with Crippen LogP contribution in [0, 0.1) is 0 Å². The minimum absolute atomic E-state index is 0.0860. The highest BCUT2D eigenvalue weighted by molar-refractivity contribution is 6.04. The largest absolute Gasteiger partial charge is 0.495 e. The first-order valence-corrected chi connectivity index (χ1v) is 10.8. The van der Waals surface area contributed by atoms with Gasteiger partial charge in [-0.15, -0.1) is 0 Å². The molecule has 29 heavy (non-hydrogen) atoms. The summed E-state index contributed by atoms with van der Waals surface area (Å²) in [6.45, 7) is 3.85. The molecule has 0 atom stereocenters. The SMILES string of the molecule is COc1cc(NC(=O)c2ccc(C3CCCCC3)cc2)ccc1N1CCNCC1. The summed E-state index contributed by atoms with van der Waals surface area (Å²) in [6, 6.07) is 14.0. The van der Waals surface area contributed by atoms with Crippen molar-refractivity contribution in [2.45, 2.75) is 38.0 Å². The lowest BCUT2D eigenvalue weighted by molar-refractivity contribution is 0.102. The van der Waals surface area contributed by atoms with E-state index in [2.05, 4.69) is 27.7 Å². The van der Waals surface area contributed by atoms with Gasteiger partial charge in [0.1, 0.15) is 5.75 Å². The molecule has 1 heterocycles. The molecule has 2 aromatic rings. The lowest BCUT2D eigenvalue weighted by Crippen LogP contribution is -2.43. The zero-order valence-corrected chi connectivity index (χ0v) is 17.2. The summed E-state index contributed by atoms with van der Waals surface area (Å²) in [5.74, 6) is 1.36. The molecular formula is C24H31N3O2. The van der Waals surface area contributed by atoms with E-state index in [1.165, 1.54) is 37.7 Å². The number of hydrogen-bond acceptors (Lipinski definition) is 4. The molecule has 2 aromatic carbocycles. The second-order valence-corrected chi connectivity index (χ2v) is 8.03. The highest BCUT2D eigenvalue weighted by Crippen LogP contribution is 2.33. The molecule has 0 bridgehead atoms. The molecule has 154 valence electrons. The molecule has 2 N–H and O–H groups in total. The summed E-state index contributed by atoms with van der Waals surface area (Å²) in [4.78, 5) is 15.0. The third kappa shape index (κ3) is 4.73. The van der Waals surface area contributed by atoms with Crippen molar-refractivity contribution in [1.29, 1.82) is 0 Å². The van der Waals surface area contributed by atoms with Gasteiger partial charge in [0.25, 0.3) is 5.91 Å². The van der Waals surface area contributed by atoms with E-state index in [4.69, 9.17) is 4.74 Å². The average molecular weight is 394 g/mol. The number of hydrogen-bond donors (Lipinski definition) is 2. The first kappa shape index (κ1) is 19.8. The molecule has 4 rings (SSSR count). The summed E-state index contributed by atoms with van der Waals surface area (Å²) in [5, 5.41) is 6.38. The van der Waals surface area contributed by atoms with Crippen molar-refractivity contribution < 1.29 is 9.53 Å². The van der Waals surface area contributed by atoms with Gasteiger partial charge in [-0.1, -0.05) is 31.4 Å². The smallest absolute Gasteiger partial charge is 0.255 e. The standard InChI is InChI=1S/C24H31N3O2/c1-29-23-17-21(11-12-22(23)27-15-13-25-14-16-27)26-24(28)20-9-7-19(8-10-20)18-5-3-2-4-6-18/h7-12,17-18,25H,2-6,13-16H2,1H3,(H,26,28). The van der Waals surface area contributed by atoms with E-state index >= 15 is 0 Å². The van der Waals surface area contributed by atoms with E-state index in [0.717, 1.165) is 43.3 Å². The van der Waals surface area contributed by atoms with Crippen LogP contribution in [-0.2, 0) is 0 Å². The van der Waals surface area contributed by atoms with Crippen molar-refractivity contribution in [2.24, 2.45) is 0 Å². The molecule has 0 spiro atoms. The number of rotatable bonds is 5. The Morgan fingerprint density at radius 3 is 2.45 bits per heavy atom. The summed E-state index contributed by atoms with van der Waals surface area (Å²) in [5.41, 5.74) is 3.88. The molecule has 0 radical (unpaired) electrons. The summed E-state index contributed by atoms with van der Waals surface area (Å²) >= 11 is 0. The Morgan fingerprint density at radius 1 is 1.03 bits per heavy atom. The fraction of sp³-hybridized carbons (Fsp3) is 0.458. The quantitative estimate of drug-likeness (QED) is 0.790. The van der Waals surface area contributed by atoms with Gasteiger partial charge in [0.15, 0.2) is 0 Å². The third-order valence-corrected chi connectivity index (χ3v) is 6.14. The van der Waals surface area contributed by atoms with Crippen molar-refractivity contribution in [3.05, 3.63) is 53.6 Å². The molecule has 5 nitrogen and oxygen atoms in total. The number of nitrogens with one attached hydrogen (secondary N) is 2. The third-order valence-electron chi connectivity index (χ3n) is 6.14. The van der Waals surface area contributed by atoms with Gasteiger partial charge >= 0.3 is 0 Å². The fourth-order valence-corrected chi connectivity index (χ4v) is 4.47. The van der Waals surface area contributed by atoms with Gasteiger partial charge < -0.3 is 20.3 Å². The van der Waals surface area contributed by atoms with Crippen molar-refractivity contribution in [2.75, 3.05) is 43.5 Å². The van der Waals surface area contributed by atoms with Crippen LogP contribution in [0.2, 0.25) is 0 Å². The van der Waals surface area contributed by atoms with Gasteiger partial charge in [0.05, 0.1) is 12.8 Å². The van der Waals surface area contributed by atoms with E-state index in [1.807, 2.05) is 30.3 Å². The zero-order valence-electron chi connectivity index (χ0n) is 17.2. The lowest BCUT2D eigenvalue weighted by atomic mass is 9.84. The van der Waals surface area contributed by atoms with Crippen LogP contribution < -0.4 is 20.3 Å². The van der Waals surface area contributed by atoms with Gasteiger partial charge in [-0.25, -0.2) is 0 Å². The number of ether oxygens (including phenoxy) is 1. The van der Waals surface area contributed by atoms with Crippen LogP contribution in [0.5, 0.6) is 5.75 Å².